The van der Waals surface area contributed by atoms with Crippen molar-refractivity contribution in [2.45, 2.75) is 0 Å². The predicted octanol–water partition coefficient (Wildman–Crippen LogP) is -1.99. The standard InChI is InChI=1S/C5H14N6/c1-8-4(6)10-3-11-5(7)9-2/h3H2,1-2H3,(H3,6,8,10)(H3,7,9,11). The van der Waals surface area contributed by atoms with Gasteiger partial charge in [0.25, 0.3) is 0 Å². The van der Waals surface area contributed by atoms with Gasteiger partial charge in [-0.05, 0) is 0 Å². The van der Waals surface area contributed by atoms with E-state index in [1.165, 1.54) is 0 Å². The van der Waals surface area contributed by atoms with E-state index in [4.69, 9.17) is 11.5 Å². The van der Waals surface area contributed by atoms with Gasteiger partial charge in [-0.15, -0.1) is 0 Å². The van der Waals surface area contributed by atoms with Crippen LogP contribution in [0.4, 0.5) is 0 Å². The molecule has 0 amide bonds. The van der Waals surface area contributed by atoms with Crippen LogP contribution in [0, 0.1) is 0 Å². The van der Waals surface area contributed by atoms with Crippen molar-refractivity contribution in [1.29, 1.82) is 0 Å². The molecule has 0 bridgehead atoms. The Kier molecular flexibility index (Phi) is 4.63. The van der Waals surface area contributed by atoms with Crippen LogP contribution in [0.1, 0.15) is 0 Å². The van der Waals surface area contributed by atoms with Gasteiger partial charge >= 0.3 is 0 Å². The number of nitrogens with one attached hydrogen (secondary N) is 2. The van der Waals surface area contributed by atoms with E-state index in [0.29, 0.717) is 18.6 Å². The molecule has 6 nitrogen and oxygen atoms in total. The molecule has 0 unspecified atom stereocenters. The molecule has 0 aliphatic rings. The third-order valence-corrected chi connectivity index (χ3v) is 1.02. The number of hydrogen-bond donors (Lipinski definition) is 4. The molecule has 0 radical (unpaired) electrons. The summed E-state index contributed by atoms with van der Waals surface area (Å²) in [5.41, 5.74) is 10.6. The molecule has 0 aromatic carbocycles. The maximum atomic E-state index is 5.32. The van der Waals surface area contributed by atoms with Gasteiger partial charge in [-0.25, -0.2) is 0 Å². The summed E-state index contributed by atoms with van der Waals surface area (Å²) < 4.78 is 0. The summed E-state index contributed by atoms with van der Waals surface area (Å²) in [6, 6.07) is 0. The summed E-state index contributed by atoms with van der Waals surface area (Å²) in [6.45, 7) is 0.423. The van der Waals surface area contributed by atoms with E-state index >= 15 is 0 Å². The van der Waals surface area contributed by atoms with Gasteiger partial charge in [0.1, 0.15) is 0 Å². The summed E-state index contributed by atoms with van der Waals surface area (Å²) in [5, 5.41) is 5.51. The Morgan fingerprint density at radius 2 is 1.45 bits per heavy atom. The van der Waals surface area contributed by atoms with Crippen molar-refractivity contribution in [3.05, 3.63) is 0 Å². The van der Waals surface area contributed by atoms with Crippen molar-refractivity contribution in [1.82, 2.24) is 10.6 Å². The maximum Gasteiger partial charge on any atom is 0.189 e. The Hall–Kier alpha value is -1.46. The molecule has 0 fully saturated rings. The van der Waals surface area contributed by atoms with Crippen LogP contribution in [0.25, 0.3) is 0 Å². The van der Waals surface area contributed by atoms with E-state index in [9.17, 15) is 0 Å². The second kappa shape index (κ2) is 5.33. The molecule has 6 heteroatoms. The third-order valence-electron chi connectivity index (χ3n) is 1.02. The maximum absolute atomic E-state index is 5.32. The lowest BCUT2D eigenvalue weighted by molar-refractivity contribution is 0.815. The Bertz CT molecular complexity index is 142. The largest absolute Gasteiger partial charge is 0.370 e. The van der Waals surface area contributed by atoms with Gasteiger partial charge in [-0.3, -0.25) is 9.98 Å². The molecular weight excluding hydrogens is 144 g/mol. The summed E-state index contributed by atoms with van der Waals surface area (Å²) >= 11 is 0. The molecule has 0 aliphatic carbocycles. The molecule has 11 heavy (non-hydrogen) atoms. The predicted molar refractivity (Wildman–Crippen MR) is 46.2 cm³/mol. The molecule has 0 aliphatic heterocycles. The van der Waals surface area contributed by atoms with Crippen molar-refractivity contribution < 1.29 is 0 Å². The minimum Gasteiger partial charge on any atom is -0.370 e. The van der Waals surface area contributed by atoms with Gasteiger partial charge in [-0.1, -0.05) is 0 Å². The monoisotopic (exact) mass is 158 g/mol. The van der Waals surface area contributed by atoms with E-state index in [1.807, 2.05) is 0 Å². The van der Waals surface area contributed by atoms with Crippen LogP contribution in [0.5, 0.6) is 0 Å². The molecule has 64 valence electrons. The molecule has 6 N–H and O–H groups in total. The van der Waals surface area contributed by atoms with Gasteiger partial charge in [0.15, 0.2) is 11.9 Å². The fourth-order valence-corrected chi connectivity index (χ4v) is 0.383. The Morgan fingerprint density at radius 1 is 1.09 bits per heavy atom. The highest BCUT2D eigenvalue weighted by molar-refractivity contribution is 5.80. The summed E-state index contributed by atoms with van der Waals surface area (Å²) in [7, 11) is 3.19. The summed E-state index contributed by atoms with van der Waals surface area (Å²) in [5.74, 6) is 0.725. The Morgan fingerprint density at radius 3 is 1.73 bits per heavy atom. The average molecular weight is 158 g/mol. The number of nitrogens with zero attached hydrogens (tertiary/aromatic N) is 2. The highest BCUT2D eigenvalue weighted by Gasteiger charge is 1.88. The van der Waals surface area contributed by atoms with E-state index < -0.39 is 0 Å². The minimum atomic E-state index is 0.362. The normalized spacial score (nSPS) is 12.9. The molecule has 0 atom stereocenters. The van der Waals surface area contributed by atoms with E-state index in [-0.39, 0.29) is 0 Å². The first-order chi connectivity index (χ1) is 5.20. The topological polar surface area (TPSA) is 101 Å². The lowest BCUT2D eigenvalue weighted by Gasteiger charge is -2.06. The number of hydrogen-bond acceptors (Lipinski definition) is 2. The van der Waals surface area contributed by atoms with E-state index in [2.05, 4.69) is 20.6 Å². The van der Waals surface area contributed by atoms with Crippen LogP contribution in [0.3, 0.4) is 0 Å². The zero-order valence-corrected chi connectivity index (χ0v) is 6.76. The van der Waals surface area contributed by atoms with Gasteiger partial charge in [0, 0.05) is 14.1 Å². The first-order valence-electron chi connectivity index (χ1n) is 3.13. The first kappa shape index (κ1) is 9.54. The molecule has 0 rings (SSSR count). The van der Waals surface area contributed by atoms with Crippen molar-refractivity contribution >= 4 is 11.9 Å². The van der Waals surface area contributed by atoms with Crippen LogP contribution in [0.15, 0.2) is 9.98 Å². The molecule has 0 saturated heterocycles. The molecule has 0 heterocycles. The van der Waals surface area contributed by atoms with Crippen LogP contribution in [-0.4, -0.2) is 32.7 Å². The van der Waals surface area contributed by atoms with E-state index in [1.54, 1.807) is 14.1 Å². The van der Waals surface area contributed by atoms with Gasteiger partial charge in [0.05, 0.1) is 6.67 Å². The first-order valence-corrected chi connectivity index (χ1v) is 3.13. The van der Waals surface area contributed by atoms with Gasteiger partial charge in [-0.2, -0.15) is 0 Å². The number of nitrogens with two attached hydrogens (primary N) is 2. The van der Waals surface area contributed by atoms with Crippen LogP contribution in [-0.2, 0) is 0 Å². The second-order valence-corrected chi connectivity index (χ2v) is 1.75. The van der Waals surface area contributed by atoms with Crippen LogP contribution < -0.4 is 22.1 Å². The Balaban J connectivity index is 3.43. The van der Waals surface area contributed by atoms with Gasteiger partial charge in [0.2, 0.25) is 0 Å². The molecule has 0 aromatic rings. The van der Waals surface area contributed by atoms with Crippen molar-refractivity contribution in [2.24, 2.45) is 21.5 Å². The fourth-order valence-electron chi connectivity index (χ4n) is 0.383. The van der Waals surface area contributed by atoms with Crippen molar-refractivity contribution in [3.8, 4) is 0 Å². The fraction of sp³-hybridized carbons (Fsp3) is 0.600. The average Bonchev–Trinajstić information content (AvgIpc) is 2.04. The number of aliphatic imine (C=N–C) groups is 2. The third kappa shape index (κ3) is 5.01. The quantitative estimate of drug-likeness (QED) is 0.212. The summed E-state index contributed by atoms with van der Waals surface area (Å²) in [6.07, 6.45) is 0. The molecule has 0 spiro atoms. The van der Waals surface area contributed by atoms with Gasteiger partial charge < -0.3 is 22.1 Å². The lowest BCUT2D eigenvalue weighted by Crippen LogP contribution is -2.43. The highest BCUT2D eigenvalue weighted by atomic mass is 15.2. The zero-order valence-electron chi connectivity index (χ0n) is 6.76. The lowest BCUT2D eigenvalue weighted by atomic mass is 10.8. The highest BCUT2D eigenvalue weighted by Crippen LogP contribution is 1.58. The van der Waals surface area contributed by atoms with Crippen molar-refractivity contribution in [2.75, 3.05) is 20.8 Å². The number of guanidine groups is 2. The second-order valence-electron chi connectivity index (χ2n) is 1.75. The molecule has 0 aromatic heterocycles. The number of rotatable bonds is 2. The van der Waals surface area contributed by atoms with Crippen LogP contribution >= 0.6 is 0 Å². The Labute approximate surface area is 65.8 Å². The van der Waals surface area contributed by atoms with E-state index in [0.717, 1.165) is 0 Å². The van der Waals surface area contributed by atoms with Crippen molar-refractivity contribution in [3.63, 3.8) is 0 Å². The zero-order chi connectivity index (χ0) is 8.69. The SMILES string of the molecule is C/N=C(/N)NCN/C(N)=N/C. The summed E-state index contributed by atoms with van der Waals surface area (Å²) in [4.78, 5) is 7.35. The molecule has 0 saturated carbocycles. The minimum absolute atomic E-state index is 0.362. The smallest absolute Gasteiger partial charge is 0.189 e. The van der Waals surface area contributed by atoms with Crippen LogP contribution in [0.2, 0.25) is 0 Å². The molecular formula is C5H14N6.